The fourth-order valence-corrected chi connectivity index (χ4v) is 3.00. The van der Waals surface area contributed by atoms with E-state index in [9.17, 15) is 4.79 Å². The molecule has 1 amide bonds. The van der Waals surface area contributed by atoms with E-state index in [0.29, 0.717) is 6.54 Å². The number of carbonyl (C=O) groups excluding carboxylic acids is 1. The quantitative estimate of drug-likeness (QED) is 0.840. The Morgan fingerprint density at radius 3 is 2.74 bits per heavy atom. The summed E-state index contributed by atoms with van der Waals surface area (Å²) in [5, 5.41) is 1.92. The van der Waals surface area contributed by atoms with Gasteiger partial charge < -0.3 is 9.64 Å². The van der Waals surface area contributed by atoms with Crippen molar-refractivity contribution in [3.8, 4) is 0 Å². The van der Waals surface area contributed by atoms with Crippen molar-refractivity contribution in [1.29, 1.82) is 0 Å². The van der Waals surface area contributed by atoms with E-state index >= 15 is 0 Å². The Kier molecular flexibility index (Phi) is 3.36. The Bertz CT molecular complexity index is 553. The highest BCUT2D eigenvalue weighted by Crippen LogP contribution is 2.30. The van der Waals surface area contributed by atoms with Crippen LogP contribution in [0.4, 0.5) is 0 Å². The molecule has 1 saturated heterocycles. The summed E-state index contributed by atoms with van der Waals surface area (Å²) in [5.41, 5.74) is 1.12. The third kappa shape index (κ3) is 2.41. The molecular formula is C15H15NO2S. The molecule has 19 heavy (non-hydrogen) atoms. The predicted molar refractivity (Wildman–Crippen MR) is 75.1 cm³/mol. The average Bonchev–Trinajstić information content (AvgIpc) is 3.08. The van der Waals surface area contributed by atoms with Crippen LogP contribution in [0.15, 0.2) is 47.8 Å². The number of thiophene rings is 1. The first-order chi connectivity index (χ1) is 9.25. The molecule has 1 fully saturated rings. The number of ether oxygens (including phenoxy) is 1. The van der Waals surface area contributed by atoms with Gasteiger partial charge in [-0.3, -0.25) is 4.79 Å². The molecule has 3 rings (SSSR count). The molecule has 3 nitrogen and oxygen atoms in total. The standard InChI is InChI=1S/C15H15NO2S/c1-11-16(15(17)14-8-5-9-19-14)10-13(18-11)12-6-3-2-4-7-12/h2-9,11,13H,10H2,1H3. The molecule has 2 unspecified atom stereocenters. The third-order valence-electron chi connectivity index (χ3n) is 3.33. The normalized spacial score (nSPS) is 22.7. The van der Waals surface area contributed by atoms with Gasteiger partial charge in [-0.2, -0.15) is 0 Å². The maximum Gasteiger partial charge on any atom is 0.266 e. The van der Waals surface area contributed by atoms with Crippen LogP contribution < -0.4 is 0 Å². The molecule has 0 saturated carbocycles. The molecule has 1 aliphatic rings. The van der Waals surface area contributed by atoms with Gasteiger partial charge in [-0.25, -0.2) is 0 Å². The minimum absolute atomic E-state index is 0.0277. The minimum Gasteiger partial charge on any atom is -0.349 e. The zero-order chi connectivity index (χ0) is 13.2. The molecule has 0 aliphatic carbocycles. The molecule has 0 spiro atoms. The Morgan fingerprint density at radius 1 is 1.26 bits per heavy atom. The lowest BCUT2D eigenvalue weighted by molar-refractivity contribution is 0.0140. The van der Waals surface area contributed by atoms with E-state index in [1.807, 2.05) is 54.8 Å². The van der Waals surface area contributed by atoms with Crippen LogP contribution in [0.3, 0.4) is 0 Å². The Labute approximate surface area is 116 Å². The molecule has 1 aliphatic heterocycles. The molecule has 2 aromatic rings. The van der Waals surface area contributed by atoms with E-state index < -0.39 is 0 Å². The minimum atomic E-state index is -0.181. The van der Waals surface area contributed by atoms with Crippen molar-refractivity contribution in [2.24, 2.45) is 0 Å². The summed E-state index contributed by atoms with van der Waals surface area (Å²) in [6.45, 7) is 2.54. The summed E-state index contributed by atoms with van der Waals surface area (Å²) < 4.78 is 5.89. The largest absolute Gasteiger partial charge is 0.349 e. The highest BCUT2D eigenvalue weighted by Gasteiger charge is 2.34. The molecule has 1 aromatic heterocycles. The number of nitrogens with zero attached hydrogens (tertiary/aromatic N) is 1. The van der Waals surface area contributed by atoms with E-state index in [1.54, 1.807) is 4.90 Å². The lowest BCUT2D eigenvalue weighted by Crippen LogP contribution is -2.33. The van der Waals surface area contributed by atoms with Crippen LogP contribution in [0, 0.1) is 0 Å². The van der Waals surface area contributed by atoms with Gasteiger partial charge in [0.15, 0.2) is 0 Å². The predicted octanol–water partition coefficient (Wildman–Crippen LogP) is 3.31. The summed E-state index contributed by atoms with van der Waals surface area (Å²) >= 11 is 1.47. The molecular weight excluding hydrogens is 258 g/mol. The monoisotopic (exact) mass is 273 g/mol. The van der Waals surface area contributed by atoms with Gasteiger partial charge in [-0.1, -0.05) is 36.4 Å². The fraction of sp³-hybridized carbons (Fsp3) is 0.267. The van der Waals surface area contributed by atoms with Crippen molar-refractivity contribution in [3.63, 3.8) is 0 Å². The van der Waals surface area contributed by atoms with Crippen molar-refractivity contribution >= 4 is 17.2 Å². The molecule has 0 bridgehead atoms. The lowest BCUT2D eigenvalue weighted by atomic mass is 10.1. The van der Waals surface area contributed by atoms with Crippen LogP contribution in [0.5, 0.6) is 0 Å². The summed E-state index contributed by atoms with van der Waals surface area (Å²) in [7, 11) is 0. The van der Waals surface area contributed by atoms with Crippen molar-refractivity contribution in [2.45, 2.75) is 19.3 Å². The SMILES string of the molecule is CC1OC(c2ccccc2)CN1C(=O)c1cccs1. The Balaban J connectivity index is 1.77. The number of benzene rings is 1. The number of carbonyl (C=O) groups is 1. The van der Waals surface area contributed by atoms with E-state index in [2.05, 4.69) is 0 Å². The fourth-order valence-electron chi connectivity index (χ4n) is 2.32. The van der Waals surface area contributed by atoms with Crippen LogP contribution in [0.2, 0.25) is 0 Å². The van der Waals surface area contributed by atoms with Gasteiger partial charge in [0.25, 0.3) is 5.91 Å². The van der Waals surface area contributed by atoms with Crippen molar-refractivity contribution in [2.75, 3.05) is 6.54 Å². The molecule has 2 atom stereocenters. The Morgan fingerprint density at radius 2 is 2.05 bits per heavy atom. The van der Waals surface area contributed by atoms with Crippen LogP contribution >= 0.6 is 11.3 Å². The number of hydrogen-bond donors (Lipinski definition) is 0. The summed E-state index contributed by atoms with van der Waals surface area (Å²) in [6, 6.07) is 13.8. The number of hydrogen-bond acceptors (Lipinski definition) is 3. The Hall–Kier alpha value is -1.65. The second-order valence-corrected chi connectivity index (χ2v) is 5.52. The van der Waals surface area contributed by atoms with Gasteiger partial charge in [-0.15, -0.1) is 11.3 Å². The van der Waals surface area contributed by atoms with E-state index in [4.69, 9.17) is 4.74 Å². The number of rotatable bonds is 2. The lowest BCUT2D eigenvalue weighted by Gasteiger charge is -2.18. The second kappa shape index (κ2) is 5.15. The van der Waals surface area contributed by atoms with E-state index in [-0.39, 0.29) is 18.2 Å². The maximum atomic E-state index is 12.4. The zero-order valence-electron chi connectivity index (χ0n) is 10.7. The molecule has 0 N–H and O–H groups in total. The van der Waals surface area contributed by atoms with Crippen molar-refractivity contribution < 1.29 is 9.53 Å². The van der Waals surface area contributed by atoms with E-state index in [1.165, 1.54) is 11.3 Å². The highest BCUT2D eigenvalue weighted by atomic mass is 32.1. The topological polar surface area (TPSA) is 29.5 Å². The first kappa shape index (κ1) is 12.4. The molecule has 4 heteroatoms. The molecule has 98 valence electrons. The second-order valence-electron chi connectivity index (χ2n) is 4.57. The van der Waals surface area contributed by atoms with Gasteiger partial charge in [0, 0.05) is 0 Å². The average molecular weight is 273 g/mol. The first-order valence-corrected chi connectivity index (χ1v) is 7.18. The number of amides is 1. The molecule has 0 radical (unpaired) electrons. The molecule has 2 heterocycles. The zero-order valence-corrected chi connectivity index (χ0v) is 11.5. The van der Waals surface area contributed by atoms with Crippen LogP contribution in [-0.2, 0) is 4.74 Å². The third-order valence-corrected chi connectivity index (χ3v) is 4.18. The van der Waals surface area contributed by atoms with Crippen molar-refractivity contribution in [3.05, 3.63) is 58.3 Å². The van der Waals surface area contributed by atoms with Crippen LogP contribution in [-0.4, -0.2) is 23.6 Å². The van der Waals surface area contributed by atoms with Crippen molar-refractivity contribution in [1.82, 2.24) is 4.90 Å². The first-order valence-electron chi connectivity index (χ1n) is 6.30. The summed E-state index contributed by atoms with van der Waals surface area (Å²) in [4.78, 5) is 14.9. The summed E-state index contributed by atoms with van der Waals surface area (Å²) in [6.07, 6.45) is -0.208. The molecule has 1 aromatic carbocycles. The maximum absolute atomic E-state index is 12.4. The van der Waals surface area contributed by atoms with Gasteiger partial charge in [-0.05, 0) is 23.9 Å². The van der Waals surface area contributed by atoms with E-state index in [0.717, 1.165) is 10.4 Å². The van der Waals surface area contributed by atoms with Gasteiger partial charge in [0.2, 0.25) is 0 Å². The van der Waals surface area contributed by atoms with Crippen LogP contribution in [0.25, 0.3) is 0 Å². The highest BCUT2D eigenvalue weighted by molar-refractivity contribution is 7.12. The van der Waals surface area contributed by atoms with Gasteiger partial charge >= 0.3 is 0 Å². The van der Waals surface area contributed by atoms with Gasteiger partial charge in [0.05, 0.1) is 11.4 Å². The van der Waals surface area contributed by atoms with Gasteiger partial charge in [0.1, 0.15) is 12.3 Å². The smallest absolute Gasteiger partial charge is 0.266 e. The van der Waals surface area contributed by atoms with Crippen LogP contribution in [0.1, 0.15) is 28.3 Å². The summed E-state index contributed by atoms with van der Waals surface area (Å²) in [5.74, 6) is 0.0564.